The highest BCUT2D eigenvalue weighted by molar-refractivity contribution is 7.98. The molecule has 0 fully saturated rings. The van der Waals surface area contributed by atoms with Crippen LogP contribution in [0.25, 0.3) is 5.65 Å². The second-order valence-electron chi connectivity index (χ2n) is 7.01. The third kappa shape index (κ3) is 5.12. The van der Waals surface area contributed by atoms with Crippen LogP contribution in [0.1, 0.15) is 11.5 Å². The van der Waals surface area contributed by atoms with Gasteiger partial charge >= 0.3 is 6.03 Å². The summed E-state index contributed by atoms with van der Waals surface area (Å²) in [5.41, 5.74) is 1.95. The SMILES string of the molecule is COc1ccc(NC(=O)Nc2ccccc2SCc2cc(=O)n3oc(C)cc3n2)c(OC)c1. The second-order valence-corrected chi connectivity index (χ2v) is 8.03. The van der Waals surface area contributed by atoms with Gasteiger partial charge in [0.25, 0.3) is 5.56 Å². The zero-order chi connectivity index (χ0) is 23.4. The van der Waals surface area contributed by atoms with Crippen molar-refractivity contribution in [1.82, 2.24) is 9.56 Å². The van der Waals surface area contributed by atoms with Gasteiger partial charge in [-0.3, -0.25) is 4.79 Å². The summed E-state index contributed by atoms with van der Waals surface area (Å²) in [5.74, 6) is 2.16. The van der Waals surface area contributed by atoms with E-state index in [1.807, 2.05) is 18.2 Å². The Kier molecular flexibility index (Phi) is 6.55. The summed E-state index contributed by atoms with van der Waals surface area (Å²) in [7, 11) is 3.08. The monoisotopic (exact) mass is 466 g/mol. The average Bonchev–Trinajstić information content (AvgIpc) is 3.19. The molecule has 0 bridgehead atoms. The van der Waals surface area contributed by atoms with Crippen molar-refractivity contribution in [2.24, 2.45) is 0 Å². The minimum atomic E-state index is -0.418. The third-order valence-electron chi connectivity index (χ3n) is 4.69. The molecule has 170 valence electrons. The molecule has 2 amide bonds. The van der Waals surface area contributed by atoms with E-state index in [2.05, 4.69) is 15.6 Å². The molecule has 9 nitrogen and oxygen atoms in total. The van der Waals surface area contributed by atoms with Crippen LogP contribution in [0.4, 0.5) is 16.2 Å². The maximum absolute atomic E-state index is 12.6. The summed E-state index contributed by atoms with van der Waals surface area (Å²) in [4.78, 5) is 30.2. The van der Waals surface area contributed by atoms with Crippen LogP contribution >= 0.6 is 11.8 Å². The summed E-state index contributed by atoms with van der Waals surface area (Å²) in [6.45, 7) is 1.76. The van der Waals surface area contributed by atoms with Crippen LogP contribution in [-0.4, -0.2) is 29.8 Å². The molecule has 0 saturated heterocycles. The lowest BCUT2D eigenvalue weighted by atomic mass is 10.2. The predicted molar refractivity (Wildman–Crippen MR) is 127 cm³/mol. The molecule has 0 unspecified atom stereocenters. The topological polar surface area (TPSA) is 107 Å². The number of amides is 2. The molecule has 0 aliphatic carbocycles. The minimum absolute atomic E-state index is 0.275. The maximum Gasteiger partial charge on any atom is 0.323 e. The van der Waals surface area contributed by atoms with Crippen LogP contribution in [0.5, 0.6) is 11.5 Å². The quantitative estimate of drug-likeness (QED) is 0.385. The zero-order valence-corrected chi connectivity index (χ0v) is 19.1. The molecular formula is C23H22N4O5S. The van der Waals surface area contributed by atoms with E-state index in [-0.39, 0.29) is 5.56 Å². The molecule has 4 rings (SSSR count). The molecule has 4 aromatic rings. The van der Waals surface area contributed by atoms with Crippen molar-refractivity contribution in [2.75, 3.05) is 24.9 Å². The Morgan fingerprint density at radius 1 is 1.06 bits per heavy atom. The minimum Gasteiger partial charge on any atom is -0.497 e. The fourth-order valence-corrected chi connectivity index (χ4v) is 4.07. The summed E-state index contributed by atoms with van der Waals surface area (Å²) in [5, 5.41) is 5.65. The maximum atomic E-state index is 12.6. The number of carbonyl (C=O) groups is 1. The number of para-hydroxylation sites is 1. The number of anilines is 2. The van der Waals surface area contributed by atoms with Gasteiger partial charge in [0.2, 0.25) is 0 Å². The van der Waals surface area contributed by atoms with E-state index in [0.717, 1.165) is 9.47 Å². The molecule has 0 saturated carbocycles. The van der Waals surface area contributed by atoms with E-state index in [9.17, 15) is 9.59 Å². The Bertz CT molecular complexity index is 1360. The highest BCUT2D eigenvalue weighted by atomic mass is 32.2. The van der Waals surface area contributed by atoms with Gasteiger partial charge in [0.15, 0.2) is 5.65 Å². The number of aryl methyl sites for hydroxylation is 1. The Balaban J connectivity index is 1.47. The van der Waals surface area contributed by atoms with Gasteiger partial charge in [0.1, 0.15) is 17.3 Å². The van der Waals surface area contributed by atoms with E-state index < -0.39 is 6.03 Å². The van der Waals surface area contributed by atoms with Gasteiger partial charge in [-0.05, 0) is 31.2 Å². The Morgan fingerprint density at radius 2 is 1.85 bits per heavy atom. The number of methoxy groups -OCH3 is 2. The van der Waals surface area contributed by atoms with Crippen molar-refractivity contribution < 1.29 is 18.8 Å². The van der Waals surface area contributed by atoms with Crippen molar-refractivity contribution in [3.05, 3.63) is 76.4 Å². The van der Waals surface area contributed by atoms with E-state index in [1.165, 1.54) is 24.9 Å². The normalized spacial score (nSPS) is 10.8. The number of rotatable bonds is 7. The molecule has 0 aliphatic rings. The lowest BCUT2D eigenvalue weighted by Crippen LogP contribution is -2.20. The van der Waals surface area contributed by atoms with Gasteiger partial charge in [0, 0.05) is 28.8 Å². The first kappa shape index (κ1) is 22.3. The fraction of sp³-hybridized carbons (Fsp3) is 0.174. The first-order valence-electron chi connectivity index (χ1n) is 9.98. The van der Waals surface area contributed by atoms with Gasteiger partial charge in [-0.2, -0.15) is 0 Å². The lowest BCUT2D eigenvalue weighted by Gasteiger charge is -2.14. The summed E-state index contributed by atoms with van der Waals surface area (Å²) in [6, 6.07) is 15.3. The van der Waals surface area contributed by atoms with Crippen molar-refractivity contribution in [3.63, 3.8) is 0 Å². The largest absolute Gasteiger partial charge is 0.497 e. The molecular weight excluding hydrogens is 444 g/mol. The number of benzene rings is 2. The highest BCUT2D eigenvalue weighted by Gasteiger charge is 2.12. The van der Waals surface area contributed by atoms with Crippen molar-refractivity contribution in [1.29, 1.82) is 0 Å². The number of urea groups is 1. The van der Waals surface area contributed by atoms with E-state index in [0.29, 0.717) is 45.7 Å². The summed E-state index contributed by atoms with van der Waals surface area (Å²) >= 11 is 1.46. The Labute approximate surface area is 193 Å². The van der Waals surface area contributed by atoms with E-state index >= 15 is 0 Å². The first-order chi connectivity index (χ1) is 16.0. The van der Waals surface area contributed by atoms with Gasteiger partial charge in [-0.1, -0.05) is 12.1 Å². The number of ether oxygens (including phenoxy) is 2. The third-order valence-corrected chi connectivity index (χ3v) is 5.80. The van der Waals surface area contributed by atoms with Crippen LogP contribution in [0, 0.1) is 6.92 Å². The average molecular weight is 467 g/mol. The molecule has 2 aromatic heterocycles. The second kappa shape index (κ2) is 9.70. The number of nitrogens with zero attached hydrogens (tertiary/aromatic N) is 2. The van der Waals surface area contributed by atoms with Gasteiger partial charge in [0.05, 0.1) is 31.3 Å². The van der Waals surface area contributed by atoms with Gasteiger partial charge in [-0.25, -0.2) is 9.78 Å². The molecule has 10 heteroatoms. The number of nitrogens with one attached hydrogen (secondary N) is 2. The summed E-state index contributed by atoms with van der Waals surface area (Å²) < 4.78 is 17.0. The van der Waals surface area contributed by atoms with E-state index in [1.54, 1.807) is 44.4 Å². The van der Waals surface area contributed by atoms with Crippen LogP contribution in [0.2, 0.25) is 0 Å². The van der Waals surface area contributed by atoms with Crippen molar-refractivity contribution in [3.8, 4) is 11.5 Å². The molecule has 0 spiro atoms. The molecule has 0 aliphatic heterocycles. The number of carbonyl (C=O) groups excluding carboxylic acids is 1. The van der Waals surface area contributed by atoms with Gasteiger partial charge < -0.3 is 24.6 Å². The predicted octanol–water partition coefficient (Wildman–Crippen LogP) is 4.55. The van der Waals surface area contributed by atoms with Crippen LogP contribution in [0.15, 0.2) is 68.8 Å². The van der Waals surface area contributed by atoms with Crippen molar-refractivity contribution in [2.45, 2.75) is 17.6 Å². The molecule has 33 heavy (non-hydrogen) atoms. The van der Waals surface area contributed by atoms with Gasteiger partial charge in [-0.15, -0.1) is 16.3 Å². The number of thioether (sulfide) groups is 1. The zero-order valence-electron chi connectivity index (χ0n) is 18.2. The highest BCUT2D eigenvalue weighted by Crippen LogP contribution is 2.31. The standard InChI is InChI=1S/C23H22N4O5S/c1-14-10-21-24-15(11-22(28)27(21)32-14)13-33-20-7-5-4-6-18(20)26-23(29)25-17-9-8-16(30-2)12-19(17)31-3/h4-12H,13H2,1-3H3,(H2,25,26,29). The Morgan fingerprint density at radius 3 is 2.64 bits per heavy atom. The molecule has 0 radical (unpaired) electrons. The number of hydrogen-bond acceptors (Lipinski definition) is 7. The van der Waals surface area contributed by atoms with Crippen LogP contribution < -0.4 is 25.7 Å². The number of hydrogen-bond donors (Lipinski definition) is 2. The van der Waals surface area contributed by atoms with Crippen molar-refractivity contribution >= 4 is 34.8 Å². The molecule has 2 N–H and O–H groups in total. The van der Waals surface area contributed by atoms with Crippen LogP contribution in [0.3, 0.4) is 0 Å². The Hall–Kier alpha value is -3.92. The van der Waals surface area contributed by atoms with E-state index in [4.69, 9.17) is 14.0 Å². The number of aromatic nitrogens is 2. The lowest BCUT2D eigenvalue weighted by molar-refractivity contribution is 0.262. The van der Waals surface area contributed by atoms with Crippen LogP contribution in [-0.2, 0) is 5.75 Å². The smallest absolute Gasteiger partial charge is 0.323 e. The molecule has 2 heterocycles. The first-order valence-corrected chi connectivity index (χ1v) is 11.0. The molecule has 2 aromatic carbocycles. The summed E-state index contributed by atoms with van der Waals surface area (Å²) in [6.07, 6.45) is 0. The fourth-order valence-electron chi connectivity index (χ4n) is 3.17. The molecule has 0 atom stereocenters. The number of fused-ring (bicyclic) bond motifs is 1.